The summed E-state index contributed by atoms with van der Waals surface area (Å²) in [5, 5.41) is 4.04. The average molecular weight is 314 g/mol. The normalized spacial score (nSPS) is 10.1. The molecule has 2 aromatic rings. The molecule has 108 valence electrons. The zero-order chi connectivity index (χ0) is 13.3. The molecule has 0 saturated heterocycles. The van der Waals surface area contributed by atoms with Gasteiger partial charge in [0.25, 0.3) is 0 Å². The number of aromatic nitrogens is 2. The van der Waals surface area contributed by atoms with Crippen LogP contribution < -0.4 is 5.32 Å². The van der Waals surface area contributed by atoms with Gasteiger partial charge in [-0.1, -0.05) is 30.0 Å². The molecule has 0 bridgehead atoms. The molecule has 0 amide bonds. The van der Waals surface area contributed by atoms with Crippen LogP contribution in [0.25, 0.3) is 0 Å². The molecule has 1 aromatic carbocycles. The van der Waals surface area contributed by atoms with E-state index in [2.05, 4.69) is 15.3 Å². The molecule has 0 unspecified atom stereocenters. The van der Waals surface area contributed by atoms with Crippen LogP contribution in [0, 0.1) is 5.82 Å². The van der Waals surface area contributed by atoms with Gasteiger partial charge in [0.05, 0.1) is 0 Å². The fraction of sp³-hybridized carbons (Fsp3) is 0.286. The summed E-state index contributed by atoms with van der Waals surface area (Å²) in [5.41, 5.74) is 0.710. The van der Waals surface area contributed by atoms with E-state index in [1.54, 1.807) is 42.4 Å². The average Bonchev–Trinajstić information content (AvgIpc) is 2.45. The van der Waals surface area contributed by atoms with Crippen LogP contribution in [0.15, 0.2) is 47.9 Å². The molecule has 0 aliphatic rings. The molecule has 1 N–H and O–H groups in total. The third kappa shape index (κ3) is 5.86. The van der Waals surface area contributed by atoms with E-state index < -0.39 is 0 Å². The molecular weight excluding hydrogens is 297 g/mol. The predicted molar refractivity (Wildman–Crippen MR) is 82.7 cm³/mol. The SMILES string of the molecule is Cl.Fc1ccccc1CNCCCSc1ncccn1. The lowest BCUT2D eigenvalue weighted by Crippen LogP contribution is -2.16. The van der Waals surface area contributed by atoms with Crippen molar-refractivity contribution in [3.63, 3.8) is 0 Å². The lowest BCUT2D eigenvalue weighted by molar-refractivity contribution is 0.587. The Morgan fingerprint density at radius 3 is 2.60 bits per heavy atom. The lowest BCUT2D eigenvalue weighted by atomic mass is 10.2. The number of rotatable bonds is 7. The fourth-order valence-electron chi connectivity index (χ4n) is 1.59. The lowest BCUT2D eigenvalue weighted by Gasteiger charge is -2.05. The molecule has 6 heteroatoms. The van der Waals surface area contributed by atoms with Crippen molar-refractivity contribution in [1.29, 1.82) is 0 Å². The quantitative estimate of drug-likeness (QED) is 0.483. The maximum absolute atomic E-state index is 13.3. The van der Waals surface area contributed by atoms with Gasteiger partial charge in [0, 0.05) is 30.3 Å². The van der Waals surface area contributed by atoms with E-state index in [9.17, 15) is 4.39 Å². The maximum Gasteiger partial charge on any atom is 0.187 e. The van der Waals surface area contributed by atoms with Gasteiger partial charge in [-0.3, -0.25) is 0 Å². The van der Waals surface area contributed by atoms with Gasteiger partial charge in [-0.15, -0.1) is 12.4 Å². The molecule has 0 spiro atoms. The Morgan fingerprint density at radius 2 is 1.85 bits per heavy atom. The minimum Gasteiger partial charge on any atom is -0.313 e. The number of thioether (sulfide) groups is 1. The zero-order valence-corrected chi connectivity index (χ0v) is 12.6. The van der Waals surface area contributed by atoms with E-state index in [4.69, 9.17) is 0 Å². The highest BCUT2D eigenvalue weighted by Gasteiger charge is 1.99. The van der Waals surface area contributed by atoms with Crippen molar-refractivity contribution < 1.29 is 4.39 Å². The van der Waals surface area contributed by atoms with E-state index in [0.29, 0.717) is 12.1 Å². The van der Waals surface area contributed by atoms with Gasteiger partial charge >= 0.3 is 0 Å². The Labute approximate surface area is 128 Å². The highest BCUT2D eigenvalue weighted by molar-refractivity contribution is 7.99. The molecule has 0 fully saturated rings. The van der Waals surface area contributed by atoms with Crippen molar-refractivity contribution >= 4 is 24.2 Å². The second-order valence-corrected chi connectivity index (χ2v) is 5.06. The second-order valence-electron chi connectivity index (χ2n) is 4.00. The Hall–Kier alpha value is -1.17. The molecule has 0 aliphatic carbocycles. The molecule has 2 rings (SSSR count). The van der Waals surface area contributed by atoms with Gasteiger partial charge in [-0.2, -0.15) is 0 Å². The Bertz CT molecular complexity index is 499. The van der Waals surface area contributed by atoms with Gasteiger partial charge in [0.15, 0.2) is 5.16 Å². The van der Waals surface area contributed by atoms with Crippen LogP contribution in [0.2, 0.25) is 0 Å². The third-order valence-electron chi connectivity index (χ3n) is 2.54. The number of hydrogen-bond donors (Lipinski definition) is 1. The molecule has 3 nitrogen and oxygen atoms in total. The predicted octanol–water partition coefficient (Wildman–Crippen LogP) is 3.31. The van der Waals surface area contributed by atoms with Crippen LogP contribution in [0.3, 0.4) is 0 Å². The van der Waals surface area contributed by atoms with Crippen LogP contribution in [0.5, 0.6) is 0 Å². The molecule has 20 heavy (non-hydrogen) atoms. The standard InChI is InChI=1S/C14H16FN3S.ClH/c15-13-6-2-1-5-12(13)11-16-7-4-10-19-14-17-8-3-9-18-14;/h1-3,5-6,8-9,16H,4,7,10-11H2;1H. The summed E-state index contributed by atoms with van der Waals surface area (Å²) in [4.78, 5) is 8.28. The Balaban J connectivity index is 0.00000200. The first kappa shape index (κ1) is 16.9. The summed E-state index contributed by atoms with van der Waals surface area (Å²) >= 11 is 1.63. The Kier molecular flexibility index (Phi) is 8.18. The number of halogens is 2. The summed E-state index contributed by atoms with van der Waals surface area (Å²) in [6.07, 6.45) is 4.48. The van der Waals surface area contributed by atoms with Gasteiger partial charge in [0.2, 0.25) is 0 Å². The number of benzene rings is 1. The van der Waals surface area contributed by atoms with Gasteiger partial charge in [-0.05, 0) is 25.1 Å². The van der Waals surface area contributed by atoms with Crippen molar-refractivity contribution in [2.24, 2.45) is 0 Å². The minimum atomic E-state index is -0.151. The molecule has 1 heterocycles. The number of nitrogens with one attached hydrogen (secondary N) is 1. The molecule has 0 atom stereocenters. The summed E-state index contributed by atoms with van der Waals surface area (Å²) in [7, 11) is 0. The van der Waals surface area contributed by atoms with Gasteiger partial charge < -0.3 is 5.32 Å². The van der Waals surface area contributed by atoms with Crippen molar-refractivity contribution in [2.45, 2.75) is 18.1 Å². The summed E-state index contributed by atoms with van der Waals surface area (Å²) in [6.45, 7) is 1.42. The van der Waals surface area contributed by atoms with Gasteiger partial charge in [-0.25, -0.2) is 14.4 Å². The van der Waals surface area contributed by atoms with Crippen molar-refractivity contribution in [1.82, 2.24) is 15.3 Å². The topological polar surface area (TPSA) is 37.8 Å². The first-order valence-corrected chi connectivity index (χ1v) is 7.19. The highest BCUT2D eigenvalue weighted by Crippen LogP contribution is 2.11. The van der Waals surface area contributed by atoms with Gasteiger partial charge in [0.1, 0.15) is 5.82 Å². The van der Waals surface area contributed by atoms with Crippen LogP contribution in [0.1, 0.15) is 12.0 Å². The van der Waals surface area contributed by atoms with E-state index in [0.717, 1.165) is 23.9 Å². The summed E-state index contributed by atoms with van der Waals surface area (Å²) in [6, 6.07) is 8.65. The first-order valence-electron chi connectivity index (χ1n) is 6.20. The number of nitrogens with zero attached hydrogens (tertiary/aromatic N) is 2. The Morgan fingerprint density at radius 1 is 1.10 bits per heavy atom. The van der Waals surface area contributed by atoms with Crippen molar-refractivity contribution in [3.05, 3.63) is 54.1 Å². The highest BCUT2D eigenvalue weighted by atomic mass is 35.5. The molecule has 0 saturated carbocycles. The van der Waals surface area contributed by atoms with Crippen molar-refractivity contribution in [2.75, 3.05) is 12.3 Å². The smallest absolute Gasteiger partial charge is 0.187 e. The third-order valence-corrected chi connectivity index (χ3v) is 3.51. The van der Waals surface area contributed by atoms with Crippen LogP contribution in [0.4, 0.5) is 4.39 Å². The van der Waals surface area contributed by atoms with E-state index in [1.165, 1.54) is 6.07 Å². The molecule has 0 aliphatic heterocycles. The van der Waals surface area contributed by atoms with E-state index >= 15 is 0 Å². The molecule has 0 radical (unpaired) electrons. The zero-order valence-electron chi connectivity index (χ0n) is 11.0. The minimum absolute atomic E-state index is 0. The van der Waals surface area contributed by atoms with E-state index in [1.807, 2.05) is 6.07 Å². The second kappa shape index (κ2) is 9.69. The summed E-state index contributed by atoms with van der Waals surface area (Å²) in [5.74, 6) is 0.802. The van der Waals surface area contributed by atoms with Crippen LogP contribution in [-0.2, 0) is 6.54 Å². The summed E-state index contributed by atoms with van der Waals surface area (Å²) < 4.78 is 13.3. The van der Waals surface area contributed by atoms with Crippen LogP contribution in [-0.4, -0.2) is 22.3 Å². The van der Waals surface area contributed by atoms with Crippen LogP contribution >= 0.6 is 24.2 Å². The number of hydrogen-bond acceptors (Lipinski definition) is 4. The molecule has 1 aromatic heterocycles. The molecular formula is C14H17ClFN3S. The van der Waals surface area contributed by atoms with Crippen molar-refractivity contribution in [3.8, 4) is 0 Å². The first-order chi connectivity index (χ1) is 9.36. The fourth-order valence-corrected chi connectivity index (χ4v) is 2.33. The largest absolute Gasteiger partial charge is 0.313 e. The monoisotopic (exact) mass is 313 g/mol. The maximum atomic E-state index is 13.3. The van der Waals surface area contributed by atoms with E-state index in [-0.39, 0.29) is 18.2 Å².